The second kappa shape index (κ2) is 3.52. The van der Waals surface area contributed by atoms with Crippen LogP contribution in [0.25, 0.3) is 5.69 Å². The molecule has 2 aromatic rings. The van der Waals surface area contributed by atoms with Crippen LogP contribution >= 0.6 is 27.5 Å². The van der Waals surface area contributed by atoms with E-state index in [9.17, 15) is 0 Å². The van der Waals surface area contributed by atoms with Crippen LogP contribution in [-0.2, 0) is 0 Å². The minimum Gasteiger partial charge on any atom is -0.294 e. The van der Waals surface area contributed by atoms with Gasteiger partial charge in [-0.2, -0.15) is 0 Å². The van der Waals surface area contributed by atoms with Gasteiger partial charge in [0.15, 0.2) is 4.73 Å². The Morgan fingerprint density at radius 2 is 1.92 bits per heavy atom. The first-order valence-corrected chi connectivity index (χ1v) is 4.89. The molecule has 0 fully saturated rings. The van der Waals surface area contributed by atoms with Crippen molar-refractivity contribution in [2.24, 2.45) is 0 Å². The number of hydrogen-bond acceptors (Lipinski definition) is 1. The van der Waals surface area contributed by atoms with Crippen molar-refractivity contribution in [3.63, 3.8) is 0 Å². The van der Waals surface area contributed by atoms with Gasteiger partial charge in [-0.25, -0.2) is 4.98 Å². The van der Waals surface area contributed by atoms with Gasteiger partial charge in [0, 0.05) is 23.1 Å². The van der Waals surface area contributed by atoms with Gasteiger partial charge in [-0.3, -0.25) is 4.57 Å². The maximum Gasteiger partial charge on any atom is 0.181 e. The van der Waals surface area contributed by atoms with Crippen molar-refractivity contribution in [3.05, 3.63) is 46.4 Å². The van der Waals surface area contributed by atoms with Crippen molar-refractivity contribution >= 4 is 27.5 Å². The fraction of sp³-hybridized carbons (Fsp3) is 0. The molecule has 13 heavy (non-hydrogen) atoms. The van der Waals surface area contributed by atoms with Crippen LogP contribution in [0.5, 0.6) is 0 Å². The third-order valence-corrected chi connectivity index (χ3v) is 2.54. The summed E-state index contributed by atoms with van der Waals surface area (Å²) in [6, 6.07) is 7.58. The Balaban J connectivity index is 2.47. The van der Waals surface area contributed by atoms with Gasteiger partial charge in [-0.15, -0.1) is 0 Å². The Bertz CT molecular complexity index is 408. The van der Waals surface area contributed by atoms with Gasteiger partial charge in [0.25, 0.3) is 0 Å². The molecule has 0 atom stereocenters. The summed E-state index contributed by atoms with van der Waals surface area (Å²) in [5.74, 6) is 0. The molecule has 0 unspecified atom stereocenters. The molecule has 2 nitrogen and oxygen atoms in total. The summed E-state index contributed by atoms with van der Waals surface area (Å²) in [5, 5.41) is 0.736. The standard InChI is InChI=1S/C9H6BrClN2/c10-9-12-5-6-13(9)8-3-1-7(11)2-4-8/h1-6H. The highest BCUT2D eigenvalue weighted by Crippen LogP contribution is 2.17. The zero-order chi connectivity index (χ0) is 9.26. The van der Waals surface area contributed by atoms with Crippen molar-refractivity contribution < 1.29 is 0 Å². The Morgan fingerprint density at radius 3 is 2.46 bits per heavy atom. The molecule has 1 heterocycles. The molecule has 0 aliphatic heterocycles. The number of hydrogen-bond donors (Lipinski definition) is 0. The molecule has 0 aliphatic carbocycles. The third kappa shape index (κ3) is 1.76. The number of halogens is 2. The molecule has 1 aromatic heterocycles. The van der Waals surface area contributed by atoms with Gasteiger partial charge in [-0.05, 0) is 40.2 Å². The summed E-state index contributed by atoms with van der Waals surface area (Å²) in [7, 11) is 0. The predicted molar refractivity (Wildman–Crippen MR) is 56.3 cm³/mol. The summed E-state index contributed by atoms with van der Waals surface area (Å²) in [4.78, 5) is 4.06. The molecule has 1 aromatic carbocycles. The molecular weight excluding hydrogens is 251 g/mol. The zero-order valence-electron chi connectivity index (χ0n) is 6.61. The van der Waals surface area contributed by atoms with Crippen molar-refractivity contribution in [3.8, 4) is 5.69 Å². The van der Waals surface area contributed by atoms with E-state index >= 15 is 0 Å². The summed E-state index contributed by atoms with van der Waals surface area (Å²) >= 11 is 9.12. The van der Waals surface area contributed by atoms with Crippen LogP contribution in [0.4, 0.5) is 0 Å². The van der Waals surface area contributed by atoms with Crippen LogP contribution in [0.2, 0.25) is 5.02 Å². The third-order valence-electron chi connectivity index (χ3n) is 1.70. The number of rotatable bonds is 1. The molecule has 2 rings (SSSR count). The van der Waals surface area contributed by atoms with Crippen molar-refractivity contribution in [1.82, 2.24) is 9.55 Å². The molecule has 0 saturated carbocycles. The largest absolute Gasteiger partial charge is 0.294 e. The van der Waals surface area contributed by atoms with Gasteiger partial charge >= 0.3 is 0 Å². The first-order chi connectivity index (χ1) is 6.27. The molecule has 0 radical (unpaired) electrons. The summed E-state index contributed by atoms with van der Waals surface area (Å²) in [6.07, 6.45) is 3.62. The topological polar surface area (TPSA) is 17.8 Å². The van der Waals surface area contributed by atoms with Crippen LogP contribution in [-0.4, -0.2) is 9.55 Å². The lowest BCUT2D eigenvalue weighted by molar-refractivity contribution is 1.01. The average Bonchev–Trinajstić information content (AvgIpc) is 2.53. The quantitative estimate of drug-likeness (QED) is 0.766. The Kier molecular flexibility index (Phi) is 2.38. The van der Waals surface area contributed by atoms with E-state index in [1.165, 1.54) is 0 Å². The van der Waals surface area contributed by atoms with Crippen LogP contribution < -0.4 is 0 Å². The van der Waals surface area contributed by atoms with E-state index < -0.39 is 0 Å². The smallest absolute Gasteiger partial charge is 0.181 e. The van der Waals surface area contributed by atoms with Crippen LogP contribution in [0, 0.1) is 0 Å². The Labute approximate surface area is 89.3 Å². The van der Waals surface area contributed by atoms with E-state index in [4.69, 9.17) is 11.6 Å². The SMILES string of the molecule is Clc1ccc(-n2ccnc2Br)cc1. The minimum atomic E-state index is 0.736. The highest BCUT2D eigenvalue weighted by molar-refractivity contribution is 9.10. The molecule has 66 valence electrons. The fourth-order valence-electron chi connectivity index (χ4n) is 1.08. The number of imidazole rings is 1. The van der Waals surface area contributed by atoms with Gasteiger partial charge in [0.1, 0.15) is 0 Å². The lowest BCUT2D eigenvalue weighted by Gasteiger charge is -2.02. The van der Waals surface area contributed by atoms with Crippen molar-refractivity contribution in [2.45, 2.75) is 0 Å². The van der Waals surface area contributed by atoms with E-state index in [1.54, 1.807) is 6.20 Å². The lowest BCUT2D eigenvalue weighted by Crippen LogP contribution is -1.91. The normalized spacial score (nSPS) is 10.3. The highest BCUT2D eigenvalue weighted by Gasteiger charge is 2.00. The monoisotopic (exact) mass is 256 g/mol. The zero-order valence-corrected chi connectivity index (χ0v) is 8.96. The fourth-order valence-corrected chi connectivity index (χ4v) is 1.65. The van der Waals surface area contributed by atoms with Crippen LogP contribution in [0.3, 0.4) is 0 Å². The maximum atomic E-state index is 5.78. The number of nitrogens with zero attached hydrogens (tertiary/aromatic N) is 2. The van der Waals surface area contributed by atoms with E-state index in [0.29, 0.717) is 0 Å². The molecule has 0 spiro atoms. The number of aromatic nitrogens is 2. The molecule has 0 bridgehead atoms. The molecule has 0 saturated heterocycles. The first-order valence-electron chi connectivity index (χ1n) is 3.72. The van der Waals surface area contributed by atoms with Crippen molar-refractivity contribution in [2.75, 3.05) is 0 Å². The maximum absolute atomic E-state index is 5.78. The molecule has 0 aliphatic rings. The second-order valence-corrected chi connectivity index (χ2v) is 3.69. The van der Waals surface area contributed by atoms with Crippen molar-refractivity contribution in [1.29, 1.82) is 0 Å². The Hall–Kier alpha value is -0.800. The summed E-state index contributed by atoms with van der Waals surface area (Å²) in [5.41, 5.74) is 1.04. The molecule has 0 amide bonds. The van der Waals surface area contributed by atoms with Gasteiger partial charge in [0.05, 0.1) is 0 Å². The average molecular weight is 258 g/mol. The highest BCUT2D eigenvalue weighted by atomic mass is 79.9. The Morgan fingerprint density at radius 1 is 1.23 bits per heavy atom. The lowest BCUT2D eigenvalue weighted by atomic mass is 10.3. The van der Waals surface area contributed by atoms with E-state index in [1.807, 2.05) is 35.0 Å². The minimum absolute atomic E-state index is 0.736. The van der Waals surface area contributed by atoms with Gasteiger partial charge < -0.3 is 0 Å². The second-order valence-electron chi connectivity index (χ2n) is 2.54. The van der Waals surface area contributed by atoms with Crippen LogP contribution in [0.1, 0.15) is 0 Å². The van der Waals surface area contributed by atoms with E-state index in [-0.39, 0.29) is 0 Å². The van der Waals surface area contributed by atoms with Crippen LogP contribution in [0.15, 0.2) is 41.4 Å². The van der Waals surface area contributed by atoms with E-state index in [2.05, 4.69) is 20.9 Å². The predicted octanol–water partition coefficient (Wildman–Crippen LogP) is 3.29. The number of benzene rings is 1. The molecule has 4 heteroatoms. The first kappa shape index (κ1) is 8.78. The molecule has 0 N–H and O–H groups in total. The molecular formula is C9H6BrClN2. The summed E-state index contributed by atoms with van der Waals surface area (Å²) in [6.45, 7) is 0. The van der Waals surface area contributed by atoms with Gasteiger partial charge in [-0.1, -0.05) is 11.6 Å². The summed E-state index contributed by atoms with van der Waals surface area (Å²) < 4.78 is 2.71. The van der Waals surface area contributed by atoms with E-state index in [0.717, 1.165) is 15.4 Å². The van der Waals surface area contributed by atoms with Gasteiger partial charge in [0.2, 0.25) is 0 Å².